The number of rotatable bonds is 2. The third-order valence-corrected chi connectivity index (χ3v) is 3.47. The van der Waals surface area contributed by atoms with Gasteiger partial charge in [-0.1, -0.05) is 6.42 Å². The summed E-state index contributed by atoms with van der Waals surface area (Å²) in [7, 11) is 0. The van der Waals surface area contributed by atoms with Gasteiger partial charge in [0.25, 0.3) is 0 Å². The van der Waals surface area contributed by atoms with Gasteiger partial charge < -0.3 is 10.5 Å². The number of amides is 1. The molecule has 2 atom stereocenters. The molecule has 1 amide bonds. The summed E-state index contributed by atoms with van der Waals surface area (Å²) in [5.74, 6) is 0. The second-order valence-electron chi connectivity index (χ2n) is 5.09. The van der Waals surface area contributed by atoms with Crippen molar-refractivity contribution in [3.63, 3.8) is 0 Å². The van der Waals surface area contributed by atoms with E-state index in [2.05, 4.69) is 5.32 Å². The van der Waals surface area contributed by atoms with Crippen LogP contribution in [0.1, 0.15) is 31.2 Å². The maximum absolute atomic E-state index is 12.4. The minimum absolute atomic E-state index is 0.183. The molecule has 0 radical (unpaired) electrons. The Morgan fingerprint density at radius 1 is 1.19 bits per heavy atom. The molecule has 4 nitrogen and oxygen atoms in total. The van der Waals surface area contributed by atoms with E-state index < -0.39 is 17.8 Å². The number of hydrogen-bond donors (Lipinski definition) is 2. The molecule has 7 heteroatoms. The number of carbonyl (C=O) groups excluding carboxylic acids is 1. The minimum atomic E-state index is -4.39. The largest absolute Gasteiger partial charge is 0.444 e. The Labute approximate surface area is 120 Å². The zero-order valence-corrected chi connectivity index (χ0v) is 11.3. The van der Waals surface area contributed by atoms with Crippen LogP contribution in [0.15, 0.2) is 24.3 Å². The van der Waals surface area contributed by atoms with Gasteiger partial charge in [-0.15, -0.1) is 0 Å². The smallest absolute Gasteiger partial charge is 0.416 e. The van der Waals surface area contributed by atoms with Crippen LogP contribution in [0.25, 0.3) is 0 Å². The Bertz CT molecular complexity index is 488. The van der Waals surface area contributed by atoms with Gasteiger partial charge in [-0.05, 0) is 43.5 Å². The maximum Gasteiger partial charge on any atom is 0.416 e. The highest BCUT2D eigenvalue weighted by molar-refractivity contribution is 5.84. The van der Waals surface area contributed by atoms with Gasteiger partial charge in [0, 0.05) is 11.7 Å². The number of nitrogens with two attached hydrogens (primary N) is 1. The molecule has 2 unspecified atom stereocenters. The second-order valence-corrected chi connectivity index (χ2v) is 5.09. The van der Waals surface area contributed by atoms with Crippen LogP contribution in [0.3, 0.4) is 0 Å². The lowest BCUT2D eigenvalue weighted by Crippen LogP contribution is -2.41. The van der Waals surface area contributed by atoms with Gasteiger partial charge in [-0.3, -0.25) is 5.32 Å². The highest BCUT2D eigenvalue weighted by Gasteiger charge is 2.30. The van der Waals surface area contributed by atoms with Crippen LogP contribution in [0, 0.1) is 0 Å². The highest BCUT2D eigenvalue weighted by atomic mass is 19.4. The first-order valence-corrected chi connectivity index (χ1v) is 6.77. The van der Waals surface area contributed by atoms with E-state index in [-0.39, 0.29) is 17.8 Å². The van der Waals surface area contributed by atoms with Crippen molar-refractivity contribution >= 4 is 11.8 Å². The van der Waals surface area contributed by atoms with Crippen LogP contribution in [0.4, 0.5) is 23.7 Å². The lowest BCUT2D eigenvalue weighted by atomic mass is 9.93. The van der Waals surface area contributed by atoms with Gasteiger partial charge in [0.2, 0.25) is 0 Å². The summed E-state index contributed by atoms with van der Waals surface area (Å²) in [6.07, 6.45) is -1.95. The van der Waals surface area contributed by atoms with Crippen LogP contribution >= 0.6 is 0 Å². The van der Waals surface area contributed by atoms with Crippen molar-refractivity contribution in [3.05, 3.63) is 29.8 Å². The third kappa shape index (κ3) is 4.35. The van der Waals surface area contributed by atoms with E-state index >= 15 is 0 Å². The zero-order valence-electron chi connectivity index (χ0n) is 11.3. The average molecular weight is 302 g/mol. The van der Waals surface area contributed by atoms with E-state index in [9.17, 15) is 18.0 Å². The summed E-state index contributed by atoms with van der Waals surface area (Å²) in [6, 6.07) is 4.00. The predicted octanol–water partition coefficient (Wildman–Crippen LogP) is 3.52. The molecule has 1 fully saturated rings. The molecule has 1 aromatic rings. The molecule has 0 saturated heterocycles. The van der Waals surface area contributed by atoms with E-state index in [4.69, 9.17) is 10.5 Å². The van der Waals surface area contributed by atoms with E-state index in [0.717, 1.165) is 31.4 Å². The quantitative estimate of drug-likeness (QED) is 0.878. The van der Waals surface area contributed by atoms with Crippen LogP contribution in [0.5, 0.6) is 0 Å². The Hall–Kier alpha value is -1.76. The zero-order chi connectivity index (χ0) is 15.5. The molecule has 21 heavy (non-hydrogen) atoms. The molecule has 0 bridgehead atoms. The molecule has 1 aromatic carbocycles. The maximum atomic E-state index is 12.4. The van der Waals surface area contributed by atoms with Gasteiger partial charge in [0.15, 0.2) is 0 Å². The molecule has 0 aromatic heterocycles. The lowest BCUT2D eigenvalue weighted by molar-refractivity contribution is -0.137. The molecule has 1 saturated carbocycles. The average Bonchev–Trinajstić information content (AvgIpc) is 2.41. The number of anilines is 1. The van der Waals surface area contributed by atoms with Gasteiger partial charge in [0.05, 0.1) is 5.56 Å². The molecular weight excluding hydrogens is 285 g/mol. The first kappa shape index (κ1) is 15.6. The number of alkyl halides is 3. The van der Waals surface area contributed by atoms with Crippen molar-refractivity contribution in [1.82, 2.24) is 0 Å². The fourth-order valence-corrected chi connectivity index (χ4v) is 2.30. The number of halogens is 3. The van der Waals surface area contributed by atoms with Gasteiger partial charge in [-0.2, -0.15) is 13.2 Å². The Balaban J connectivity index is 1.90. The number of hydrogen-bond acceptors (Lipinski definition) is 3. The molecular formula is C14H17F3N2O2. The van der Waals surface area contributed by atoms with Crippen LogP contribution in [-0.2, 0) is 10.9 Å². The monoisotopic (exact) mass is 302 g/mol. The van der Waals surface area contributed by atoms with Gasteiger partial charge in [-0.25, -0.2) is 4.79 Å². The third-order valence-electron chi connectivity index (χ3n) is 3.47. The number of carbonyl (C=O) groups is 1. The molecule has 0 aliphatic heterocycles. The first-order valence-electron chi connectivity index (χ1n) is 6.77. The van der Waals surface area contributed by atoms with E-state index in [1.165, 1.54) is 12.1 Å². The summed E-state index contributed by atoms with van der Waals surface area (Å²) in [5.41, 5.74) is 5.34. The topological polar surface area (TPSA) is 64.3 Å². The van der Waals surface area contributed by atoms with Crippen LogP contribution in [0.2, 0.25) is 0 Å². The van der Waals surface area contributed by atoms with E-state index in [0.29, 0.717) is 6.42 Å². The van der Waals surface area contributed by atoms with Crippen molar-refractivity contribution < 1.29 is 22.7 Å². The van der Waals surface area contributed by atoms with Crippen molar-refractivity contribution in [3.8, 4) is 0 Å². The van der Waals surface area contributed by atoms with E-state index in [1.807, 2.05) is 0 Å². The SMILES string of the molecule is NC1CCCCC1OC(=O)Nc1ccc(C(F)(F)F)cc1. The Kier molecular flexibility index (Phi) is 4.72. The molecule has 1 aliphatic rings. The fraction of sp³-hybridized carbons (Fsp3) is 0.500. The summed E-state index contributed by atoms with van der Waals surface area (Å²) in [5, 5.41) is 2.40. The molecule has 2 rings (SSSR count). The molecule has 116 valence electrons. The lowest BCUT2D eigenvalue weighted by Gasteiger charge is -2.28. The standard InChI is InChI=1S/C14H17F3N2O2/c15-14(16,17)9-5-7-10(8-6-9)19-13(20)21-12-4-2-1-3-11(12)18/h5-8,11-12H,1-4,18H2,(H,19,20). The van der Waals surface area contributed by atoms with Crippen molar-refractivity contribution in [2.75, 3.05) is 5.32 Å². The second kappa shape index (κ2) is 6.34. The molecule has 0 spiro atoms. The van der Waals surface area contributed by atoms with Crippen LogP contribution < -0.4 is 11.1 Å². The van der Waals surface area contributed by atoms with Crippen LogP contribution in [-0.4, -0.2) is 18.2 Å². The van der Waals surface area contributed by atoms with Crippen molar-refractivity contribution in [2.45, 2.75) is 44.0 Å². The first-order chi connectivity index (χ1) is 9.86. The summed E-state index contributed by atoms with van der Waals surface area (Å²) >= 11 is 0. The van der Waals surface area contributed by atoms with Gasteiger partial charge >= 0.3 is 12.3 Å². The predicted molar refractivity (Wildman–Crippen MR) is 71.8 cm³/mol. The minimum Gasteiger partial charge on any atom is -0.444 e. The molecule has 1 aliphatic carbocycles. The highest BCUT2D eigenvalue weighted by Crippen LogP contribution is 2.29. The summed E-state index contributed by atoms with van der Waals surface area (Å²) in [4.78, 5) is 11.7. The Morgan fingerprint density at radius 2 is 1.81 bits per heavy atom. The van der Waals surface area contributed by atoms with Crippen molar-refractivity contribution in [1.29, 1.82) is 0 Å². The molecule has 0 heterocycles. The fourth-order valence-electron chi connectivity index (χ4n) is 2.30. The normalized spacial score (nSPS) is 22.7. The van der Waals surface area contributed by atoms with Gasteiger partial charge in [0.1, 0.15) is 6.10 Å². The summed E-state index contributed by atoms with van der Waals surface area (Å²) in [6.45, 7) is 0. The summed E-state index contributed by atoms with van der Waals surface area (Å²) < 4.78 is 42.4. The van der Waals surface area contributed by atoms with Crippen molar-refractivity contribution in [2.24, 2.45) is 5.73 Å². The Morgan fingerprint density at radius 3 is 2.38 bits per heavy atom. The number of ether oxygens (including phenoxy) is 1. The number of nitrogens with one attached hydrogen (secondary N) is 1. The van der Waals surface area contributed by atoms with E-state index in [1.54, 1.807) is 0 Å². The molecule has 3 N–H and O–H groups in total. The number of benzene rings is 1.